The van der Waals surface area contributed by atoms with E-state index in [4.69, 9.17) is 0 Å². The number of guanidine groups is 1. The fourth-order valence-electron chi connectivity index (χ4n) is 2.64. The van der Waals surface area contributed by atoms with Crippen molar-refractivity contribution >= 4 is 29.9 Å². The Morgan fingerprint density at radius 2 is 1.71 bits per heavy atom. The van der Waals surface area contributed by atoms with Gasteiger partial charge in [-0.3, -0.25) is 9.67 Å². The Bertz CT molecular complexity index is 643. The van der Waals surface area contributed by atoms with Gasteiger partial charge in [0.05, 0.1) is 12.7 Å². The Labute approximate surface area is 162 Å². The van der Waals surface area contributed by atoms with Gasteiger partial charge in [0.25, 0.3) is 0 Å². The zero-order valence-corrected chi connectivity index (χ0v) is 17.3. The number of aryl methyl sites for hydroxylation is 3. The molecule has 2 rings (SSSR count). The lowest BCUT2D eigenvalue weighted by Gasteiger charge is -2.12. The van der Waals surface area contributed by atoms with Crippen molar-refractivity contribution in [2.45, 2.75) is 33.7 Å². The molecule has 6 heteroatoms. The van der Waals surface area contributed by atoms with Crippen molar-refractivity contribution in [3.05, 3.63) is 52.8 Å². The van der Waals surface area contributed by atoms with E-state index >= 15 is 0 Å². The van der Waals surface area contributed by atoms with Gasteiger partial charge in [-0.05, 0) is 38.3 Å². The molecule has 1 aromatic heterocycles. The van der Waals surface area contributed by atoms with Crippen LogP contribution in [-0.4, -0.2) is 35.9 Å². The van der Waals surface area contributed by atoms with Crippen LogP contribution in [0.2, 0.25) is 0 Å². The molecule has 2 N–H and O–H groups in total. The van der Waals surface area contributed by atoms with Gasteiger partial charge in [-0.1, -0.05) is 29.3 Å². The van der Waals surface area contributed by atoms with Gasteiger partial charge in [-0.15, -0.1) is 24.0 Å². The molecule has 132 valence electrons. The summed E-state index contributed by atoms with van der Waals surface area (Å²) in [5.41, 5.74) is 5.17. The van der Waals surface area contributed by atoms with Crippen molar-refractivity contribution in [3.63, 3.8) is 0 Å². The summed E-state index contributed by atoms with van der Waals surface area (Å²) in [4.78, 5) is 4.26. The molecule has 0 bridgehead atoms. The van der Waals surface area contributed by atoms with Crippen molar-refractivity contribution in [1.29, 1.82) is 0 Å². The monoisotopic (exact) mass is 441 g/mol. The number of benzene rings is 1. The number of aromatic nitrogens is 2. The van der Waals surface area contributed by atoms with E-state index in [2.05, 4.69) is 52.8 Å². The standard InChI is InChI=1S/C18H27N5.HI/c1-14-9-15(2)11-17(10-14)5-6-20-18(19-4)21-7-8-23-13-16(3)12-22-23;/h9-13H,5-8H2,1-4H3,(H2,19,20,21);1H. The maximum absolute atomic E-state index is 4.27. The number of nitrogens with zero attached hydrogens (tertiary/aromatic N) is 3. The fraction of sp³-hybridized carbons (Fsp3) is 0.444. The third kappa shape index (κ3) is 6.90. The minimum Gasteiger partial charge on any atom is -0.356 e. The zero-order chi connectivity index (χ0) is 16.7. The van der Waals surface area contributed by atoms with E-state index in [1.54, 1.807) is 7.05 Å². The number of nitrogens with one attached hydrogen (secondary N) is 2. The number of aliphatic imine (C=N–C) groups is 1. The maximum atomic E-state index is 4.27. The fourth-order valence-corrected chi connectivity index (χ4v) is 2.64. The first-order valence-corrected chi connectivity index (χ1v) is 8.07. The Morgan fingerprint density at radius 1 is 1.04 bits per heavy atom. The topological polar surface area (TPSA) is 54.2 Å². The predicted molar refractivity (Wildman–Crippen MR) is 111 cm³/mol. The molecule has 0 aliphatic carbocycles. The first-order valence-electron chi connectivity index (χ1n) is 8.07. The third-order valence-electron chi connectivity index (χ3n) is 3.61. The van der Waals surface area contributed by atoms with E-state index in [0.29, 0.717) is 0 Å². The largest absolute Gasteiger partial charge is 0.356 e. The first-order chi connectivity index (χ1) is 11.1. The van der Waals surface area contributed by atoms with Crippen LogP contribution in [0.25, 0.3) is 0 Å². The number of hydrogen-bond acceptors (Lipinski definition) is 2. The Morgan fingerprint density at radius 3 is 2.29 bits per heavy atom. The highest BCUT2D eigenvalue weighted by Crippen LogP contribution is 2.08. The molecule has 5 nitrogen and oxygen atoms in total. The summed E-state index contributed by atoms with van der Waals surface area (Å²) in [6.45, 7) is 8.81. The highest BCUT2D eigenvalue weighted by atomic mass is 127. The molecule has 0 aliphatic rings. The molecule has 0 radical (unpaired) electrons. The van der Waals surface area contributed by atoms with Crippen molar-refractivity contribution in [3.8, 4) is 0 Å². The molecule has 0 saturated carbocycles. The van der Waals surface area contributed by atoms with Gasteiger partial charge in [-0.2, -0.15) is 5.10 Å². The quantitative estimate of drug-likeness (QED) is 0.412. The average molecular weight is 441 g/mol. The first kappa shape index (κ1) is 20.5. The molecule has 0 aliphatic heterocycles. The van der Waals surface area contributed by atoms with Crippen LogP contribution < -0.4 is 10.6 Å². The van der Waals surface area contributed by atoms with E-state index in [-0.39, 0.29) is 24.0 Å². The maximum Gasteiger partial charge on any atom is 0.191 e. The van der Waals surface area contributed by atoms with E-state index in [1.807, 2.05) is 24.0 Å². The van der Waals surface area contributed by atoms with Gasteiger partial charge in [0, 0.05) is 26.3 Å². The zero-order valence-electron chi connectivity index (χ0n) is 15.0. The van der Waals surface area contributed by atoms with E-state index in [9.17, 15) is 0 Å². The summed E-state index contributed by atoms with van der Waals surface area (Å²) in [6.07, 6.45) is 4.90. The molecule has 24 heavy (non-hydrogen) atoms. The number of hydrogen-bond donors (Lipinski definition) is 2. The number of halogens is 1. The van der Waals surface area contributed by atoms with Crippen molar-refractivity contribution in [2.75, 3.05) is 20.1 Å². The summed E-state index contributed by atoms with van der Waals surface area (Å²) in [5.74, 6) is 0.832. The molecular formula is C18H28IN5. The van der Waals surface area contributed by atoms with Gasteiger partial charge < -0.3 is 10.6 Å². The van der Waals surface area contributed by atoms with Gasteiger partial charge in [-0.25, -0.2) is 0 Å². The summed E-state index contributed by atoms with van der Waals surface area (Å²) < 4.78 is 1.94. The lowest BCUT2D eigenvalue weighted by atomic mass is 10.1. The summed E-state index contributed by atoms with van der Waals surface area (Å²) >= 11 is 0. The van der Waals surface area contributed by atoms with Gasteiger partial charge in [0.2, 0.25) is 0 Å². The molecule has 2 aromatic rings. The van der Waals surface area contributed by atoms with Crippen LogP contribution in [0, 0.1) is 20.8 Å². The Kier molecular flexibility index (Phi) is 8.81. The van der Waals surface area contributed by atoms with Gasteiger partial charge in [0.1, 0.15) is 0 Å². The second kappa shape index (κ2) is 10.3. The SMILES string of the molecule is CN=C(NCCc1cc(C)cc(C)c1)NCCn1cc(C)cn1.I. The second-order valence-electron chi connectivity index (χ2n) is 5.95. The van der Waals surface area contributed by atoms with Crippen molar-refractivity contribution in [2.24, 2.45) is 4.99 Å². The molecular weight excluding hydrogens is 413 g/mol. The molecule has 0 fully saturated rings. The Hall–Kier alpha value is -1.57. The predicted octanol–water partition coefficient (Wildman–Crippen LogP) is 2.83. The lowest BCUT2D eigenvalue weighted by molar-refractivity contribution is 0.597. The van der Waals surface area contributed by atoms with Crippen LogP contribution in [0.3, 0.4) is 0 Å². The molecule has 1 heterocycles. The van der Waals surface area contributed by atoms with Gasteiger partial charge >= 0.3 is 0 Å². The second-order valence-corrected chi connectivity index (χ2v) is 5.95. The normalized spacial score (nSPS) is 11.1. The molecule has 1 aromatic carbocycles. The highest BCUT2D eigenvalue weighted by Gasteiger charge is 2.00. The summed E-state index contributed by atoms with van der Waals surface area (Å²) in [5, 5.41) is 10.9. The molecule has 0 amide bonds. The van der Waals surface area contributed by atoms with Crippen LogP contribution >= 0.6 is 24.0 Å². The van der Waals surface area contributed by atoms with Crippen LogP contribution in [-0.2, 0) is 13.0 Å². The van der Waals surface area contributed by atoms with Crippen LogP contribution in [0.1, 0.15) is 22.3 Å². The molecule has 0 unspecified atom stereocenters. The summed E-state index contributed by atoms with van der Waals surface area (Å²) in [7, 11) is 1.80. The van der Waals surface area contributed by atoms with Crippen molar-refractivity contribution in [1.82, 2.24) is 20.4 Å². The molecule has 0 atom stereocenters. The van der Waals surface area contributed by atoms with Crippen LogP contribution in [0.4, 0.5) is 0 Å². The third-order valence-corrected chi connectivity index (χ3v) is 3.61. The van der Waals surface area contributed by atoms with Gasteiger partial charge in [0.15, 0.2) is 5.96 Å². The minimum absolute atomic E-state index is 0. The minimum atomic E-state index is 0. The van der Waals surface area contributed by atoms with Crippen molar-refractivity contribution < 1.29 is 0 Å². The van der Waals surface area contributed by atoms with E-state index in [1.165, 1.54) is 22.3 Å². The summed E-state index contributed by atoms with van der Waals surface area (Å²) in [6, 6.07) is 6.68. The molecule has 0 spiro atoms. The lowest BCUT2D eigenvalue weighted by Crippen LogP contribution is -2.39. The van der Waals surface area contributed by atoms with Crippen LogP contribution in [0.15, 0.2) is 35.6 Å². The number of rotatable bonds is 6. The smallest absolute Gasteiger partial charge is 0.191 e. The van der Waals surface area contributed by atoms with Crippen LogP contribution in [0.5, 0.6) is 0 Å². The molecule has 0 saturated heterocycles. The average Bonchev–Trinajstić information content (AvgIpc) is 2.90. The highest BCUT2D eigenvalue weighted by molar-refractivity contribution is 14.0. The Balaban J connectivity index is 0.00000288. The van der Waals surface area contributed by atoms with E-state index < -0.39 is 0 Å². The van der Waals surface area contributed by atoms with E-state index in [0.717, 1.165) is 32.0 Å².